The summed E-state index contributed by atoms with van der Waals surface area (Å²) in [4.78, 5) is 16.0. The number of likely N-dealkylation sites (tertiary alicyclic amines) is 2. The smallest absolute Gasteiger partial charge is 0.317 e. The van der Waals surface area contributed by atoms with Gasteiger partial charge in [-0.05, 0) is 25.7 Å². The number of carbonyl (C=O) groups is 1. The first-order chi connectivity index (χ1) is 8.65. The second-order valence-corrected chi connectivity index (χ2v) is 5.22. The molecule has 2 amide bonds. The Labute approximate surface area is 108 Å². The van der Waals surface area contributed by atoms with Crippen LogP contribution in [0.5, 0.6) is 0 Å². The Morgan fingerprint density at radius 1 is 1.22 bits per heavy atom. The van der Waals surface area contributed by atoms with Gasteiger partial charge in [-0.1, -0.05) is 0 Å². The van der Waals surface area contributed by atoms with E-state index in [2.05, 4.69) is 10.2 Å². The van der Waals surface area contributed by atoms with Crippen molar-refractivity contribution >= 4 is 11.9 Å². The minimum atomic E-state index is 0.0949. The molecule has 0 aromatic rings. The molecule has 2 rings (SSSR count). The maximum absolute atomic E-state index is 11.9. The third-order valence-corrected chi connectivity index (χ3v) is 3.70. The molecule has 0 atom stereocenters. The molecule has 102 valence electrons. The van der Waals surface area contributed by atoms with Gasteiger partial charge in [-0.15, -0.1) is 0 Å². The van der Waals surface area contributed by atoms with Crippen LogP contribution in [0.15, 0.2) is 0 Å². The molecule has 18 heavy (non-hydrogen) atoms. The summed E-state index contributed by atoms with van der Waals surface area (Å²) < 4.78 is 0. The van der Waals surface area contributed by atoms with Gasteiger partial charge in [-0.25, -0.2) is 4.79 Å². The summed E-state index contributed by atoms with van der Waals surface area (Å²) in [6.07, 6.45) is 4.16. The zero-order valence-corrected chi connectivity index (χ0v) is 10.8. The SMILES string of the molecule is N=C(N)CN1CCC(NC(=O)N2CCCC2)CC1. The summed E-state index contributed by atoms with van der Waals surface area (Å²) in [5.41, 5.74) is 5.39. The lowest BCUT2D eigenvalue weighted by molar-refractivity contribution is 0.186. The highest BCUT2D eigenvalue weighted by atomic mass is 16.2. The largest absolute Gasteiger partial charge is 0.387 e. The van der Waals surface area contributed by atoms with E-state index in [0.717, 1.165) is 51.9 Å². The molecule has 0 aromatic carbocycles. The van der Waals surface area contributed by atoms with Crippen LogP contribution in [0, 0.1) is 5.41 Å². The number of hydrogen-bond acceptors (Lipinski definition) is 3. The highest BCUT2D eigenvalue weighted by Gasteiger charge is 2.24. The number of urea groups is 1. The molecule has 0 radical (unpaired) electrons. The zero-order valence-electron chi connectivity index (χ0n) is 10.8. The van der Waals surface area contributed by atoms with Crippen LogP contribution in [-0.4, -0.2) is 60.4 Å². The van der Waals surface area contributed by atoms with Crippen molar-refractivity contribution in [3.63, 3.8) is 0 Å². The summed E-state index contributed by atoms with van der Waals surface area (Å²) in [7, 11) is 0. The van der Waals surface area contributed by atoms with E-state index in [0.29, 0.717) is 6.54 Å². The van der Waals surface area contributed by atoms with Crippen LogP contribution < -0.4 is 11.1 Å². The van der Waals surface area contributed by atoms with Gasteiger partial charge in [0.25, 0.3) is 0 Å². The molecule has 2 heterocycles. The number of rotatable bonds is 3. The number of piperidine rings is 1. The van der Waals surface area contributed by atoms with Gasteiger partial charge in [-0.3, -0.25) is 10.3 Å². The fraction of sp³-hybridized carbons (Fsp3) is 0.833. The molecule has 0 bridgehead atoms. The molecule has 2 aliphatic heterocycles. The Hall–Kier alpha value is -1.30. The van der Waals surface area contributed by atoms with E-state index in [1.807, 2.05) is 4.90 Å². The first kappa shape index (κ1) is 13.1. The second-order valence-electron chi connectivity index (χ2n) is 5.22. The lowest BCUT2D eigenvalue weighted by atomic mass is 10.1. The van der Waals surface area contributed by atoms with E-state index in [4.69, 9.17) is 11.1 Å². The average molecular weight is 253 g/mol. The molecule has 0 aromatic heterocycles. The molecule has 0 saturated carbocycles. The highest BCUT2D eigenvalue weighted by molar-refractivity contribution is 5.79. The van der Waals surface area contributed by atoms with E-state index in [1.54, 1.807) is 0 Å². The molecule has 0 spiro atoms. The van der Waals surface area contributed by atoms with Gasteiger partial charge in [0.2, 0.25) is 0 Å². The predicted molar refractivity (Wildman–Crippen MR) is 70.7 cm³/mol. The van der Waals surface area contributed by atoms with Gasteiger partial charge in [0.05, 0.1) is 6.54 Å². The molecule has 4 N–H and O–H groups in total. The van der Waals surface area contributed by atoms with Crippen molar-refractivity contribution in [3.8, 4) is 0 Å². The quantitative estimate of drug-likeness (QED) is 0.496. The topological polar surface area (TPSA) is 85.5 Å². The van der Waals surface area contributed by atoms with Crippen molar-refractivity contribution in [1.29, 1.82) is 5.41 Å². The third-order valence-electron chi connectivity index (χ3n) is 3.70. The summed E-state index contributed by atoms with van der Waals surface area (Å²) >= 11 is 0. The predicted octanol–water partition coefficient (Wildman–Crippen LogP) is 0.192. The van der Waals surface area contributed by atoms with Gasteiger partial charge >= 0.3 is 6.03 Å². The van der Waals surface area contributed by atoms with Gasteiger partial charge < -0.3 is 16.0 Å². The maximum atomic E-state index is 11.9. The van der Waals surface area contributed by atoms with Crippen molar-refractivity contribution in [1.82, 2.24) is 15.1 Å². The Morgan fingerprint density at radius 3 is 2.39 bits per heavy atom. The van der Waals surface area contributed by atoms with E-state index < -0.39 is 0 Å². The fourth-order valence-corrected chi connectivity index (χ4v) is 2.66. The van der Waals surface area contributed by atoms with Crippen molar-refractivity contribution in [2.75, 3.05) is 32.7 Å². The summed E-state index contributed by atoms with van der Waals surface area (Å²) in [6, 6.07) is 0.374. The number of nitrogens with two attached hydrogens (primary N) is 1. The highest BCUT2D eigenvalue weighted by Crippen LogP contribution is 2.12. The normalized spacial score (nSPS) is 22.1. The summed E-state index contributed by atoms with van der Waals surface area (Å²) in [5.74, 6) is 0.217. The Kier molecular flexibility index (Phi) is 4.41. The molecule has 6 heteroatoms. The average Bonchev–Trinajstić information content (AvgIpc) is 2.84. The molecule has 0 aliphatic carbocycles. The minimum Gasteiger partial charge on any atom is -0.387 e. The van der Waals surface area contributed by atoms with Crippen molar-refractivity contribution in [2.45, 2.75) is 31.7 Å². The second kappa shape index (κ2) is 6.04. The van der Waals surface area contributed by atoms with Crippen molar-refractivity contribution in [2.24, 2.45) is 5.73 Å². The number of amidine groups is 1. The van der Waals surface area contributed by atoms with Crippen LogP contribution in [0.25, 0.3) is 0 Å². The minimum absolute atomic E-state index is 0.0949. The number of nitrogens with zero attached hydrogens (tertiary/aromatic N) is 2. The van der Waals surface area contributed by atoms with Crippen LogP contribution in [-0.2, 0) is 0 Å². The van der Waals surface area contributed by atoms with Crippen molar-refractivity contribution < 1.29 is 4.79 Å². The Bertz CT molecular complexity index is 306. The standard InChI is InChI=1S/C12H23N5O/c13-11(14)9-16-7-3-10(4-8-16)15-12(18)17-5-1-2-6-17/h10H,1-9H2,(H3,13,14)(H,15,18). The van der Waals surface area contributed by atoms with Crippen LogP contribution >= 0.6 is 0 Å². The monoisotopic (exact) mass is 253 g/mol. The first-order valence-electron chi connectivity index (χ1n) is 6.76. The zero-order chi connectivity index (χ0) is 13.0. The van der Waals surface area contributed by atoms with E-state index in [-0.39, 0.29) is 17.9 Å². The van der Waals surface area contributed by atoms with Gasteiger partial charge in [-0.2, -0.15) is 0 Å². The molecular weight excluding hydrogens is 230 g/mol. The van der Waals surface area contributed by atoms with E-state index in [9.17, 15) is 4.79 Å². The molecule has 0 unspecified atom stereocenters. The summed E-state index contributed by atoms with van der Waals surface area (Å²) in [6.45, 7) is 4.16. The Morgan fingerprint density at radius 2 is 1.83 bits per heavy atom. The fourth-order valence-electron chi connectivity index (χ4n) is 2.66. The summed E-state index contributed by atoms with van der Waals surface area (Å²) in [5, 5.41) is 10.4. The molecule has 2 saturated heterocycles. The van der Waals surface area contributed by atoms with Crippen LogP contribution in [0.3, 0.4) is 0 Å². The molecule has 2 fully saturated rings. The maximum Gasteiger partial charge on any atom is 0.317 e. The number of nitrogens with one attached hydrogen (secondary N) is 2. The molecule has 6 nitrogen and oxygen atoms in total. The Balaban J connectivity index is 1.69. The van der Waals surface area contributed by atoms with Gasteiger partial charge in [0.1, 0.15) is 5.84 Å². The molecular formula is C12H23N5O. The lowest BCUT2D eigenvalue weighted by Gasteiger charge is -2.32. The van der Waals surface area contributed by atoms with Crippen LogP contribution in [0.2, 0.25) is 0 Å². The third kappa shape index (κ3) is 3.60. The number of amides is 2. The van der Waals surface area contributed by atoms with Gasteiger partial charge in [0.15, 0.2) is 0 Å². The van der Waals surface area contributed by atoms with Crippen LogP contribution in [0.1, 0.15) is 25.7 Å². The van der Waals surface area contributed by atoms with E-state index in [1.165, 1.54) is 0 Å². The lowest BCUT2D eigenvalue weighted by Crippen LogP contribution is -2.49. The first-order valence-corrected chi connectivity index (χ1v) is 6.76. The van der Waals surface area contributed by atoms with Gasteiger partial charge in [0, 0.05) is 32.2 Å². The molecule has 2 aliphatic rings. The van der Waals surface area contributed by atoms with E-state index >= 15 is 0 Å². The number of hydrogen-bond donors (Lipinski definition) is 3. The number of carbonyl (C=O) groups excluding carboxylic acids is 1. The van der Waals surface area contributed by atoms with Crippen molar-refractivity contribution in [3.05, 3.63) is 0 Å². The van der Waals surface area contributed by atoms with Crippen LogP contribution in [0.4, 0.5) is 4.79 Å².